The fraction of sp³-hybridized carbons (Fsp3) is 0.243. The maximum Gasteiger partial charge on any atom is 0.416 e. The first-order valence-corrected chi connectivity index (χ1v) is 15.2. The summed E-state index contributed by atoms with van der Waals surface area (Å²) in [5.74, 6) is -1.54. The first-order chi connectivity index (χ1) is 22.7. The largest absolute Gasteiger partial charge is 0.459 e. The second-order valence-corrected chi connectivity index (χ2v) is 11.5. The highest BCUT2D eigenvalue weighted by Crippen LogP contribution is 2.32. The number of anilines is 1. The van der Waals surface area contributed by atoms with Gasteiger partial charge in [0.25, 0.3) is 11.8 Å². The molecule has 1 N–H and O–H groups in total. The van der Waals surface area contributed by atoms with Crippen LogP contribution in [0.1, 0.15) is 68.9 Å². The number of amides is 2. The smallest absolute Gasteiger partial charge is 0.416 e. The molecule has 2 amide bonds. The molecule has 8 nitrogen and oxygen atoms in total. The monoisotopic (exact) mass is 660 g/mol. The van der Waals surface area contributed by atoms with E-state index < -0.39 is 29.6 Å². The average Bonchev–Trinajstić information content (AvgIpc) is 3.04. The van der Waals surface area contributed by atoms with Gasteiger partial charge in [-0.15, -0.1) is 0 Å². The Morgan fingerprint density at radius 1 is 0.833 bits per heavy atom. The van der Waals surface area contributed by atoms with Gasteiger partial charge in [-0.3, -0.25) is 14.4 Å². The summed E-state index contributed by atoms with van der Waals surface area (Å²) in [4.78, 5) is 52.4. The van der Waals surface area contributed by atoms with Crippen LogP contribution < -0.4 is 10.1 Å². The fourth-order valence-electron chi connectivity index (χ4n) is 4.80. The number of carbonyl (C=O) groups is 4. The van der Waals surface area contributed by atoms with E-state index in [1.165, 1.54) is 41.3 Å². The molecule has 0 atom stereocenters. The van der Waals surface area contributed by atoms with Crippen LogP contribution in [-0.4, -0.2) is 48.9 Å². The summed E-state index contributed by atoms with van der Waals surface area (Å²) < 4.78 is 49.8. The van der Waals surface area contributed by atoms with Crippen LogP contribution in [-0.2, 0) is 22.1 Å². The van der Waals surface area contributed by atoms with Crippen LogP contribution in [0.3, 0.4) is 0 Å². The Balaban J connectivity index is 1.43. The average molecular weight is 661 g/mol. The minimum absolute atomic E-state index is 0.0906. The van der Waals surface area contributed by atoms with E-state index in [1.54, 1.807) is 70.4 Å². The van der Waals surface area contributed by atoms with Crippen molar-refractivity contribution >= 4 is 29.4 Å². The molecule has 250 valence electrons. The first-order valence-electron chi connectivity index (χ1n) is 15.2. The summed E-state index contributed by atoms with van der Waals surface area (Å²) >= 11 is 0. The second kappa shape index (κ2) is 15.4. The van der Waals surface area contributed by atoms with Crippen LogP contribution in [0.5, 0.6) is 5.75 Å². The number of nitrogens with one attached hydrogen (secondary N) is 1. The maximum absolute atomic E-state index is 13.5. The van der Waals surface area contributed by atoms with E-state index in [9.17, 15) is 32.3 Å². The molecular formula is C37H35F3N2O6. The van der Waals surface area contributed by atoms with E-state index in [2.05, 4.69) is 5.32 Å². The van der Waals surface area contributed by atoms with Crippen LogP contribution in [0.15, 0.2) is 91.0 Å². The molecule has 0 aromatic heterocycles. The molecule has 48 heavy (non-hydrogen) atoms. The number of esters is 2. The van der Waals surface area contributed by atoms with Gasteiger partial charge < -0.3 is 19.7 Å². The van der Waals surface area contributed by atoms with Crippen molar-refractivity contribution in [1.82, 2.24) is 4.90 Å². The Morgan fingerprint density at radius 2 is 1.50 bits per heavy atom. The number of alkyl halides is 3. The number of carbonyl (C=O) groups excluding carboxylic acids is 4. The van der Waals surface area contributed by atoms with Crippen molar-refractivity contribution in [2.75, 3.05) is 19.4 Å². The van der Waals surface area contributed by atoms with Gasteiger partial charge >= 0.3 is 18.1 Å². The molecule has 0 heterocycles. The predicted octanol–water partition coefficient (Wildman–Crippen LogP) is 7.82. The third kappa shape index (κ3) is 9.31. The van der Waals surface area contributed by atoms with Crippen molar-refractivity contribution in [3.8, 4) is 16.9 Å². The molecule has 0 saturated carbocycles. The number of nitrogens with zero attached hydrogens (tertiary/aromatic N) is 1. The summed E-state index contributed by atoms with van der Waals surface area (Å²) in [7, 11) is 3.16. The highest BCUT2D eigenvalue weighted by atomic mass is 19.4. The van der Waals surface area contributed by atoms with E-state index in [1.807, 2.05) is 0 Å². The van der Waals surface area contributed by atoms with Gasteiger partial charge in [0.2, 0.25) is 0 Å². The molecule has 0 spiro atoms. The van der Waals surface area contributed by atoms with Gasteiger partial charge in [0.05, 0.1) is 28.5 Å². The van der Waals surface area contributed by atoms with Gasteiger partial charge in [-0.1, -0.05) is 36.4 Å². The first kappa shape index (κ1) is 35.4. The Kier molecular flexibility index (Phi) is 11.4. The van der Waals surface area contributed by atoms with Crippen molar-refractivity contribution in [1.29, 1.82) is 0 Å². The van der Waals surface area contributed by atoms with Gasteiger partial charge in [-0.05, 0) is 98.0 Å². The van der Waals surface area contributed by atoms with Crippen LogP contribution in [0.2, 0.25) is 0 Å². The minimum atomic E-state index is -4.49. The summed E-state index contributed by atoms with van der Waals surface area (Å²) in [5.41, 5.74) is 1.86. The Morgan fingerprint density at radius 3 is 2.12 bits per heavy atom. The quantitative estimate of drug-likeness (QED) is 0.130. The molecule has 4 aromatic carbocycles. The Hall–Kier alpha value is -5.45. The number of aryl methyl sites for hydroxylation is 1. The van der Waals surface area contributed by atoms with E-state index in [4.69, 9.17) is 9.47 Å². The Labute approximate surface area is 276 Å². The van der Waals surface area contributed by atoms with Crippen LogP contribution in [0.4, 0.5) is 18.9 Å². The van der Waals surface area contributed by atoms with Gasteiger partial charge in [0.15, 0.2) is 0 Å². The van der Waals surface area contributed by atoms with Crippen molar-refractivity contribution in [3.05, 3.63) is 119 Å². The lowest BCUT2D eigenvalue weighted by Gasteiger charge is -2.17. The standard InChI is InChI=1S/C37H35F3N2O6/c1-23(2)47-36(46)26-15-19-28(20-16-26)48-33(43)11-7-8-24-12-21-32(31(22-24)35(45)42(3)4)41-34(44)30-10-6-5-9-29(30)25-13-17-27(18-14-25)37(38,39)40/h5-6,9-10,12-23H,7-8,11H2,1-4H3,(H,41,44). The van der Waals surface area contributed by atoms with Crippen molar-refractivity contribution in [3.63, 3.8) is 0 Å². The highest BCUT2D eigenvalue weighted by molar-refractivity contribution is 6.11. The fourth-order valence-corrected chi connectivity index (χ4v) is 4.80. The Bertz CT molecular complexity index is 1780. The topological polar surface area (TPSA) is 102 Å². The number of hydrogen-bond acceptors (Lipinski definition) is 6. The van der Waals surface area contributed by atoms with Crippen LogP contribution >= 0.6 is 0 Å². The molecule has 0 aliphatic heterocycles. The van der Waals surface area contributed by atoms with Gasteiger partial charge in [-0.2, -0.15) is 13.2 Å². The lowest BCUT2D eigenvalue weighted by atomic mass is 9.97. The normalized spacial score (nSPS) is 11.2. The number of hydrogen-bond donors (Lipinski definition) is 1. The SMILES string of the molecule is CC(C)OC(=O)c1ccc(OC(=O)CCCc2ccc(NC(=O)c3ccccc3-c3ccc(C(F)(F)F)cc3)c(C(=O)N(C)C)c2)cc1. The number of rotatable bonds is 11. The van der Waals surface area contributed by atoms with Gasteiger partial charge in [0.1, 0.15) is 5.75 Å². The zero-order chi connectivity index (χ0) is 35.0. The molecule has 0 saturated heterocycles. The lowest BCUT2D eigenvalue weighted by molar-refractivity contribution is -0.137. The van der Waals surface area contributed by atoms with Crippen molar-refractivity contribution in [2.45, 2.75) is 45.4 Å². The molecule has 0 fully saturated rings. The van der Waals surface area contributed by atoms with Gasteiger partial charge in [-0.25, -0.2) is 4.79 Å². The molecular weight excluding hydrogens is 625 g/mol. The second-order valence-electron chi connectivity index (χ2n) is 11.5. The van der Waals surface area contributed by atoms with E-state index in [-0.39, 0.29) is 35.2 Å². The molecule has 0 aliphatic carbocycles. The number of benzene rings is 4. The summed E-state index contributed by atoms with van der Waals surface area (Å²) in [6, 6.07) is 22.1. The van der Waals surface area contributed by atoms with Crippen LogP contribution in [0.25, 0.3) is 11.1 Å². The molecule has 0 aliphatic rings. The number of halogens is 3. The van der Waals surface area contributed by atoms with Crippen molar-refractivity contribution in [2.24, 2.45) is 0 Å². The summed E-state index contributed by atoms with van der Waals surface area (Å²) in [6.07, 6.45) is -3.80. The molecule has 4 aromatic rings. The zero-order valence-electron chi connectivity index (χ0n) is 26.9. The molecule has 4 rings (SSSR count). The van der Waals surface area contributed by atoms with Crippen LogP contribution in [0, 0.1) is 0 Å². The zero-order valence-corrected chi connectivity index (χ0v) is 26.9. The summed E-state index contributed by atoms with van der Waals surface area (Å²) in [6.45, 7) is 3.50. The molecule has 0 unspecified atom stereocenters. The maximum atomic E-state index is 13.5. The molecule has 0 bridgehead atoms. The summed E-state index contributed by atoms with van der Waals surface area (Å²) in [5, 5.41) is 2.79. The molecule has 0 radical (unpaired) electrons. The highest BCUT2D eigenvalue weighted by Gasteiger charge is 2.30. The minimum Gasteiger partial charge on any atom is -0.459 e. The van der Waals surface area contributed by atoms with Crippen molar-refractivity contribution < 1.29 is 41.8 Å². The third-order valence-corrected chi connectivity index (χ3v) is 7.17. The molecule has 11 heteroatoms. The third-order valence-electron chi connectivity index (χ3n) is 7.17. The van der Waals surface area contributed by atoms with E-state index >= 15 is 0 Å². The predicted molar refractivity (Wildman–Crippen MR) is 175 cm³/mol. The van der Waals surface area contributed by atoms with E-state index in [0.29, 0.717) is 35.3 Å². The van der Waals surface area contributed by atoms with E-state index in [0.717, 1.165) is 17.7 Å². The number of ether oxygens (including phenoxy) is 2. The lowest BCUT2D eigenvalue weighted by Crippen LogP contribution is -2.24. The van der Waals surface area contributed by atoms with Gasteiger partial charge in [0, 0.05) is 26.1 Å².